The van der Waals surface area contributed by atoms with Crippen LogP contribution < -0.4 is 5.32 Å². The van der Waals surface area contributed by atoms with E-state index in [0.29, 0.717) is 24.0 Å². The van der Waals surface area contributed by atoms with Crippen molar-refractivity contribution in [3.8, 4) is 17.5 Å². The smallest absolute Gasteiger partial charge is 0.143 e. The van der Waals surface area contributed by atoms with Gasteiger partial charge in [0, 0.05) is 18.5 Å². The molecule has 41 heavy (non-hydrogen) atoms. The summed E-state index contributed by atoms with van der Waals surface area (Å²) in [6.45, 7) is 9.99. The third-order valence-corrected chi connectivity index (χ3v) is 14.4. The molecule has 0 fully saturated rings. The van der Waals surface area contributed by atoms with Crippen LogP contribution in [0.2, 0.25) is 17.1 Å². The van der Waals surface area contributed by atoms with Crippen LogP contribution in [0.5, 0.6) is 0 Å². The van der Waals surface area contributed by atoms with Crippen molar-refractivity contribution < 1.29 is 0 Å². The van der Waals surface area contributed by atoms with Crippen LogP contribution >= 0.6 is 0 Å². The van der Waals surface area contributed by atoms with Crippen LogP contribution in [0.15, 0.2) is 115 Å². The van der Waals surface area contributed by atoms with Crippen LogP contribution in [0.1, 0.15) is 68.4 Å². The predicted octanol–water partition coefficient (Wildman–Crippen LogP) is 9.23. The zero-order chi connectivity index (χ0) is 29.1. The Labute approximate surface area is 248 Å². The molecule has 0 saturated heterocycles. The molecule has 0 aliphatic rings. The van der Waals surface area contributed by atoms with Crippen molar-refractivity contribution in [3.05, 3.63) is 143 Å². The summed E-state index contributed by atoms with van der Waals surface area (Å²) in [5, 5.41) is 13.1. The highest BCUT2D eigenvalue weighted by atomic mass is 28.3. The Morgan fingerprint density at radius 1 is 0.683 bits per heavy atom. The van der Waals surface area contributed by atoms with Crippen LogP contribution in [0.4, 0.5) is 0 Å². The Hall–Kier alpha value is -3.89. The first kappa shape index (κ1) is 30.1. The lowest BCUT2D eigenvalue weighted by atomic mass is 9.77. The van der Waals surface area contributed by atoms with E-state index in [-0.39, 0.29) is 0 Å². The lowest BCUT2D eigenvalue weighted by Gasteiger charge is -2.37. The summed E-state index contributed by atoms with van der Waals surface area (Å²) in [6, 6.07) is 44.3. The normalized spacial score (nSPS) is 11.6. The SMILES string of the molecule is CC(C)[Si](C#Cc1ccc(CNC(c2ccccc2)(c2ccccc2)c2ccccc2)cc1)(CCCC#N)C(C)C. The van der Waals surface area contributed by atoms with Gasteiger partial charge in [-0.3, -0.25) is 5.32 Å². The topological polar surface area (TPSA) is 35.8 Å². The molecule has 3 heteroatoms. The largest absolute Gasteiger partial charge is 0.296 e. The van der Waals surface area contributed by atoms with Gasteiger partial charge in [0.2, 0.25) is 0 Å². The Morgan fingerprint density at radius 2 is 1.15 bits per heavy atom. The van der Waals surface area contributed by atoms with Gasteiger partial charge < -0.3 is 0 Å². The lowest BCUT2D eigenvalue weighted by Crippen LogP contribution is -2.44. The molecule has 0 saturated carbocycles. The number of hydrogen-bond donors (Lipinski definition) is 1. The standard InChI is InChI=1S/C38H42N2Si/c1-31(2)41(32(3)4,28-15-14-27-39)29-26-33-22-24-34(25-23-33)30-40-38(35-16-8-5-9-17-35,36-18-10-6-11-19-36)37-20-12-7-13-21-37/h5-13,16-25,31-32,40H,14-15,28,30H2,1-4H3. The molecule has 0 aromatic heterocycles. The van der Waals surface area contributed by atoms with Crippen molar-refractivity contribution in [1.29, 1.82) is 5.26 Å². The lowest BCUT2D eigenvalue weighted by molar-refractivity contribution is 0.471. The van der Waals surface area contributed by atoms with Crippen LogP contribution in [-0.4, -0.2) is 8.07 Å². The van der Waals surface area contributed by atoms with Crippen LogP contribution in [0, 0.1) is 22.8 Å². The molecule has 0 aliphatic heterocycles. The molecule has 4 aromatic rings. The van der Waals surface area contributed by atoms with Crippen molar-refractivity contribution in [2.75, 3.05) is 0 Å². The Morgan fingerprint density at radius 3 is 1.56 bits per heavy atom. The fourth-order valence-corrected chi connectivity index (χ4v) is 10.4. The minimum atomic E-state index is -1.86. The van der Waals surface area contributed by atoms with Crippen LogP contribution in [-0.2, 0) is 12.1 Å². The molecule has 1 N–H and O–H groups in total. The summed E-state index contributed by atoms with van der Waals surface area (Å²) < 4.78 is 0. The number of unbranched alkanes of at least 4 members (excludes halogenated alkanes) is 1. The first-order valence-corrected chi connectivity index (χ1v) is 17.2. The second-order valence-corrected chi connectivity index (χ2v) is 16.7. The molecule has 0 spiro atoms. The zero-order valence-electron chi connectivity index (χ0n) is 24.9. The van der Waals surface area contributed by atoms with E-state index in [1.165, 1.54) is 22.3 Å². The molecule has 0 heterocycles. The average molecular weight is 555 g/mol. The van der Waals surface area contributed by atoms with E-state index < -0.39 is 13.6 Å². The fourth-order valence-electron chi connectivity index (χ4n) is 6.05. The van der Waals surface area contributed by atoms with Crippen molar-refractivity contribution in [1.82, 2.24) is 5.32 Å². The zero-order valence-corrected chi connectivity index (χ0v) is 25.9. The first-order valence-electron chi connectivity index (χ1n) is 14.8. The summed E-state index contributed by atoms with van der Waals surface area (Å²) in [6.07, 6.45) is 1.57. The maximum Gasteiger partial charge on any atom is 0.143 e. The summed E-state index contributed by atoms with van der Waals surface area (Å²) in [5.74, 6) is 3.56. The predicted molar refractivity (Wildman–Crippen MR) is 175 cm³/mol. The van der Waals surface area contributed by atoms with Crippen molar-refractivity contribution in [2.24, 2.45) is 0 Å². The second-order valence-electron chi connectivity index (χ2n) is 11.5. The van der Waals surface area contributed by atoms with Gasteiger partial charge in [0.1, 0.15) is 8.07 Å². The van der Waals surface area contributed by atoms with Crippen LogP contribution in [0.3, 0.4) is 0 Å². The maximum absolute atomic E-state index is 9.09. The van der Waals surface area contributed by atoms with E-state index in [4.69, 9.17) is 5.26 Å². The summed E-state index contributed by atoms with van der Waals surface area (Å²) >= 11 is 0. The minimum Gasteiger partial charge on any atom is -0.296 e. The highest BCUT2D eigenvalue weighted by molar-refractivity contribution is 6.89. The Bertz CT molecular complexity index is 1350. The molecule has 2 nitrogen and oxygen atoms in total. The van der Waals surface area contributed by atoms with Gasteiger partial charge in [-0.25, -0.2) is 0 Å². The van der Waals surface area contributed by atoms with E-state index in [1.54, 1.807) is 0 Å². The molecule has 208 valence electrons. The number of rotatable bonds is 11. The number of benzene rings is 4. The van der Waals surface area contributed by atoms with Gasteiger partial charge in [0.15, 0.2) is 0 Å². The number of nitrogens with one attached hydrogen (secondary N) is 1. The van der Waals surface area contributed by atoms with Crippen molar-refractivity contribution >= 4 is 8.07 Å². The molecule has 0 bridgehead atoms. The molecular formula is C38H42N2Si. The third kappa shape index (κ3) is 6.88. The number of nitrogens with zero attached hydrogens (tertiary/aromatic N) is 1. The van der Waals surface area contributed by atoms with Crippen molar-refractivity contribution in [2.45, 2.75) is 69.7 Å². The van der Waals surface area contributed by atoms with E-state index in [1.807, 2.05) is 0 Å². The number of nitriles is 1. The molecule has 0 amide bonds. The quantitative estimate of drug-likeness (QED) is 0.0868. The van der Waals surface area contributed by atoms with E-state index in [2.05, 4.69) is 166 Å². The highest BCUT2D eigenvalue weighted by Crippen LogP contribution is 2.38. The highest BCUT2D eigenvalue weighted by Gasteiger charge is 2.38. The van der Waals surface area contributed by atoms with Gasteiger partial charge in [-0.05, 0) is 57.9 Å². The fraction of sp³-hybridized carbons (Fsp3) is 0.289. The summed E-state index contributed by atoms with van der Waals surface area (Å²) in [5.41, 5.74) is 10.3. The summed E-state index contributed by atoms with van der Waals surface area (Å²) in [7, 11) is -1.86. The van der Waals surface area contributed by atoms with E-state index in [0.717, 1.165) is 18.0 Å². The van der Waals surface area contributed by atoms with Crippen molar-refractivity contribution in [3.63, 3.8) is 0 Å². The molecule has 0 atom stereocenters. The third-order valence-electron chi connectivity index (χ3n) is 8.51. The van der Waals surface area contributed by atoms with Gasteiger partial charge in [-0.2, -0.15) is 5.26 Å². The minimum absolute atomic E-state index is 0.495. The van der Waals surface area contributed by atoms with Gasteiger partial charge in [-0.1, -0.05) is 137 Å². The number of hydrogen-bond acceptors (Lipinski definition) is 2. The molecule has 4 aromatic carbocycles. The van der Waals surface area contributed by atoms with Gasteiger partial charge in [-0.15, -0.1) is 5.54 Å². The molecular weight excluding hydrogens is 513 g/mol. The molecule has 4 rings (SSSR count). The van der Waals surface area contributed by atoms with E-state index >= 15 is 0 Å². The van der Waals surface area contributed by atoms with Crippen LogP contribution in [0.25, 0.3) is 0 Å². The molecule has 0 aliphatic carbocycles. The van der Waals surface area contributed by atoms with Gasteiger partial charge in [0.05, 0.1) is 11.6 Å². The second kappa shape index (κ2) is 14.1. The molecule has 0 unspecified atom stereocenters. The van der Waals surface area contributed by atoms with Gasteiger partial charge >= 0.3 is 0 Å². The maximum atomic E-state index is 9.09. The monoisotopic (exact) mass is 554 g/mol. The Balaban J connectivity index is 1.64. The average Bonchev–Trinajstić information content (AvgIpc) is 3.01. The molecule has 0 radical (unpaired) electrons. The summed E-state index contributed by atoms with van der Waals surface area (Å²) in [4.78, 5) is 0. The Kier molecular flexibility index (Phi) is 10.4. The van der Waals surface area contributed by atoms with Gasteiger partial charge in [0.25, 0.3) is 0 Å². The first-order chi connectivity index (χ1) is 19.9. The van der Waals surface area contributed by atoms with E-state index in [9.17, 15) is 0 Å².